The van der Waals surface area contributed by atoms with Gasteiger partial charge in [-0.1, -0.05) is 29.3 Å². The molecule has 1 aliphatic rings. The largest absolute Gasteiger partial charge is 0.375 e. The molecule has 1 fully saturated rings. The van der Waals surface area contributed by atoms with Crippen LogP contribution in [0.1, 0.15) is 11.5 Å². The molecule has 2 N–H and O–H groups in total. The first kappa shape index (κ1) is 17.0. The van der Waals surface area contributed by atoms with Crippen molar-refractivity contribution in [1.29, 1.82) is 0 Å². The van der Waals surface area contributed by atoms with Gasteiger partial charge < -0.3 is 10.1 Å². The Hall–Kier alpha value is -0.370. The highest BCUT2D eigenvalue weighted by molar-refractivity contribution is 7.88. The number of nitrogens with one attached hydrogen (secondary N) is 2. The zero-order chi connectivity index (χ0) is 15.5. The number of rotatable bonds is 4. The van der Waals surface area contributed by atoms with Crippen LogP contribution in [0.5, 0.6) is 0 Å². The molecular weight excluding hydrogens is 335 g/mol. The van der Waals surface area contributed by atoms with E-state index < -0.39 is 10.0 Å². The second-order valence-electron chi connectivity index (χ2n) is 5.01. The van der Waals surface area contributed by atoms with Gasteiger partial charge in [-0.3, -0.25) is 0 Å². The number of hydrogen-bond acceptors (Lipinski definition) is 4. The normalized spacial score (nSPS) is 23.8. The van der Waals surface area contributed by atoms with Crippen molar-refractivity contribution in [3.05, 3.63) is 33.8 Å². The number of hydrogen-bond donors (Lipinski definition) is 2. The maximum Gasteiger partial charge on any atom is 0.208 e. The van der Waals surface area contributed by atoms with E-state index in [1.54, 1.807) is 12.1 Å². The van der Waals surface area contributed by atoms with Crippen LogP contribution in [0.4, 0.5) is 0 Å². The van der Waals surface area contributed by atoms with Gasteiger partial charge in [-0.25, -0.2) is 13.1 Å². The number of sulfonamides is 1. The molecule has 0 amide bonds. The molecule has 0 aliphatic carbocycles. The quantitative estimate of drug-likeness (QED) is 0.863. The second-order valence-corrected chi connectivity index (χ2v) is 7.66. The van der Waals surface area contributed by atoms with Crippen molar-refractivity contribution >= 4 is 33.2 Å². The molecule has 1 saturated heterocycles. The third-order valence-electron chi connectivity index (χ3n) is 3.34. The summed E-state index contributed by atoms with van der Waals surface area (Å²) in [6.07, 6.45) is 0.878. The Morgan fingerprint density at radius 3 is 2.81 bits per heavy atom. The molecule has 0 radical (unpaired) electrons. The van der Waals surface area contributed by atoms with Crippen LogP contribution in [0.2, 0.25) is 10.0 Å². The van der Waals surface area contributed by atoms with Gasteiger partial charge in [0.15, 0.2) is 0 Å². The molecule has 2 atom stereocenters. The van der Waals surface area contributed by atoms with Crippen molar-refractivity contribution in [2.24, 2.45) is 0 Å². The Labute approximate surface area is 135 Å². The Morgan fingerprint density at radius 1 is 1.38 bits per heavy atom. The van der Waals surface area contributed by atoms with Gasteiger partial charge in [-0.2, -0.15) is 0 Å². The molecule has 1 aliphatic heterocycles. The Balaban J connectivity index is 2.20. The van der Waals surface area contributed by atoms with Crippen LogP contribution in [-0.4, -0.2) is 47.0 Å². The molecule has 0 bridgehead atoms. The van der Waals surface area contributed by atoms with Crippen LogP contribution in [0, 0.1) is 0 Å². The van der Waals surface area contributed by atoms with Crippen molar-refractivity contribution < 1.29 is 13.2 Å². The van der Waals surface area contributed by atoms with Gasteiger partial charge in [-0.05, 0) is 17.7 Å². The number of ether oxygens (including phenoxy) is 1. The van der Waals surface area contributed by atoms with Crippen molar-refractivity contribution in [1.82, 2.24) is 10.0 Å². The summed E-state index contributed by atoms with van der Waals surface area (Å²) in [5, 5.41) is 4.25. The summed E-state index contributed by atoms with van der Waals surface area (Å²) in [5.41, 5.74) is 0.971. The second kappa shape index (κ2) is 7.26. The lowest BCUT2D eigenvalue weighted by molar-refractivity contribution is 0.0560. The van der Waals surface area contributed by atoms with E-state index in [1.165, 1.54) is 0 Å². The summed E-state index contributed by atoms with van der Waals surface area (Å²) in [4.78, 5) is 0. The monoisotopic (exact) mass is 352 g/mol. The first-order chi connectivity index (χ1) is 9.87. The van der Waals surface area contributed by atoms with Crippen LogP contribution in [0.15, 0.2) is 18.2 Å². The van der Waals surface area contributed by atoms with Gasteiger partial charge in [0.2, 0.25) is 10.0 Å². The molecule has 0 aromatic heterocycles. The lowest BCUT2D eigenvalue weighted by Gasteiger charge is -2.25. The van der Waals surface area contributed by atoms with Crippen LogP contribution >= 0.6 is 23.2 Å². The van der Waals surface area contributed by atoms with Gasteiger partial charge in [0.1, 0.15) is 0 Å². The average Bonchev–Trinajstić information content (AvgIpc) is 2.64. The maximum atomic E-state index is 11.3. The average molecular weight is 353 g/mol. The van der Waals surface area contributed by atoms with Gasteiger partial charge >= 0.3 is 0 Å². The van der Waals surface area contributed by atoms with E-state index in [9.17, 15) is 8.42 Å². The molecule has 118 valence electrons. The van der Waals surface area contributed by atoms with Gasteiger partial charge in [-0.15, -0.1) is 0 Å². The summed E-state index contributed by atoms with van der Waals surface area (Å²) in [5.74, 6) is -0.00323. The topological polar surface area (TPSA) is 67.4 Å². The molecule has 21 heavy (non-hydrogen) atoms. The minimum atomic E-state index is -3.25. The first-order valence-corrected chi connectivity index (χ1v) is 9.23. The highest BCUT2D eigenvalue weighted by atomic mass is 35.5. The zero-order valence-corrected chi connectivity index (χ0v) is 13.9. The summed E-state index contributed by atoms with van der Waals surface area (Å²) in [7, 11) is -3.25. The zero-order valence-electron chi connectivity index (χ0n) is 11.6. The smallest absolute Gasteiger partial charge is 0.208 e. The molecule has 1 aromatic rings. The van der Waals surface area contributed by atoms with Gasteiger partial charge in [0.25, 0.3) is 0 Å². The molecule has 8 heteroatoms. The third-order valence-corrected chi connectivity index (χ3v) is 4.77. The fourth-order valence-corrected chi connectivity index (χ4v) is 3.07. The highest BCUT2D eigenvalue weighted by Gasteiger charge is 2.27. The third kappa shape index (κ3) is 5.09. The van der Waals surface area contributed by atoms with E-state index >= 15 is 0 Å². The van der Waals surface area contributed by atoms with Crippen LogP contribution in [0.3, 0.4) is 0 Å². The summed E-state index contributed by atoms with van der Waals surface area (Å²) in [6, 6.07) is 5.44. The summed E-state index contributed by atoms with van der Waals surface area (Å²) in [6.45, 7) is 2.18. The molecule has 1 aromatic carbocycles. The predicted molar refractivity (Wildman–Crippen MR) is 84.7 cm³/mol. The van der Waals surface area contributed by atoms with E-state index in [2.05, 4.69) is 10.0 Å². The van der Waals surface area contributed by atoms with Crippen molar-refractivity contribution in [3.8, 4) is 0 Å². The van der Waals surface area contributed by atoms with Crippen LogP contribution in [-0.2, 0) is 14.8 Å². The molecule has 0 unspecified atom stereocenters. The molecular formula is C13H18Cl2N2O3S. The molecule has 2 rings (SSSR count). The SMILES string of the molecule is CS(=O)(=O)NC[C@H]1OCCNC[C@H]1c1ccc(Cl)c(Cl)c1. The Kier molecular flexibility index (Phi) is 5.88. The predicted octanol–water partition coefficient (Wildman–Crippen LogP) is 1.61. The maximum absolute atomic E-state index is 11.3. The highest BCUT2D eigenvalue weighted by Crippen LogP contribution is 2.29. The van der Waals surface area contributed by atoms with E-state index in [-0.39, 0.29) is 18.6 Å². The van der Waals surface area contributed by atoms with E-state index in [4.69, 9.17) is 27.9 Å². The molecule has 5 nitrogen and oxygen atoms in total. The van der Waals surface area contributed by atoms with Gasteiger partial charge in [0, 0.05) is 25.6 Å². The van der Waals surface area contributed by atoms with Crippen LogP contribution in [0.25, 0.3) is 0 Å². The van der Waals surface area contributed by atoms with Gasteiger partial charge in [0.05, 0.1) is 29.0 Å². The van der Waals surface area contributed by atoms with E-state index in [0.29, 0.717) is 23.2 Å². The fourth-order valence-electron chi connectivity index (χ4n) is 2.30. The Bertz CT molecular complexity index is 595. The number of halogens is 2. The molecule has 0 spiro atoms. The summed E-state index contributed by atoms with van der Waals surface area (Å²) >= 11 is 12.0. The minimum absolute atomic E-state index is 0.00323. The van der Waals surface area contributed by atoms with E-state index in [1.807, 2.05) is 6.07 Å². The van der Waals surface area contributed by atoms with Crippen molar-refractivity contribution in [2.75, 3.05) is 32.5 Å². The standard InChI is InChI=1S/C13H18Cl2N2O3S/c1-21(18,19)17-8-13-10(7-16-4-5-20-13)9-2-3-11(14)12(15)6-9/h2-3,6,10,13,16-17H,4-5,7-8H2,1H3/t10-,13+/m0/s1. The Morgan fingerprint density at radius 2 is 2.14 bits per heavy atom. The summed E-state index contributed by atoms with van der Waals surface area (Å²) < 4.78 is 30.8. The first-order valence-electron chi connectivity index (χ1n) is 6.59. The molecule has 1 heterocycles. The lowest BCUT2D eigenvalue weighted by atomic mass is 9.93. The van der Waals surface area contributed by atoms with E-state index in [0.717, 1.165) is 18.4 Å². The minimum Gasteiger partial charge on any atom is -0.375 e. The fraction of sp³-hybridized carbons (Fsp3) is 0.538. The molecule has 0 saturated carbocycles. The lowest BCUT2D eigenvalue weighted by Crippen LogP contribution is -2.38. The number of benzene rings is 1. The van der Waals surface area contributed by atoms with Crippen LogP contribution < -0.4 is 10.0 Å². The van der Waals surface area contributed by atoms with Crippen molar-refractivity contribution in [3.63, 3.8) is 0 Å². The van der Waals surface area contributed by atoms with Crippen molar-refractivity contribution in [2.45, 2.75) is 12.0 Å².